The highest BCUT2D eigenvalue weighted by molar-refractivity contribution is 5.87. The van der Waals surface area contributed by atoms with Crippen molar-refractivity contribution in [2.24, 2.45) is 0 Å². The van der Waals surface area contributed by atoms with Crippen LogP contribution in [0.25, 0.3) is 22.3 Å². The Hall–Kier alpha value is -2.34. The first kappa shape index (κ1) is 14.3. The third kappa shape index (κ3) is 2.59. The first-order valence-corrected chi connectivity index (χ1v) is 8.51. The topological polar surface area (TPSA) is 0 Å². The molecule has 0 nitrogen and oxygen atoms in total. The maximum absolute atomic E-state index is 2.30. The zero-order valence-corrected chi connectivity index (χ0v) is 13.9. The van der Waals surface area contributed by atoms with E-state index in [4.69, 9.17) is 0 Å². The number of benzene rings is 3. The number of hydrogen-bond acceptors (Lipinski definition) is 0. The normalized spacial score (nSPS) is 13.1. The van der Waals surface area contributed by atoms with Gasteiger partial charge >= 0.3 is 0 Å². The van der Waals surface area contributed by atoms with E-state index < -0.39 is 0 Å². The molecule has 7 rings (SSSR count). The maximum atomic E-state index is 2.30. The Labute approximate surface area is 138 Å². The molecule has 114 valence electrons. The smallest absolute Gasteiger partial charge is 0.00735 e. The molecule has 0 radical (unpaired) electrons. The Morgan fingerprint density at radius 1 is 0.522 bits per heavy atom. The van der Waals surface area contributed by atoms with Crippen molar-refractivity contribution in [2.75, 3.05) is 0 Å². The van der Waals surface area contributed by atoms with E-state index >= 15 is 0 Å². The molecule has 0 saturated carbocycles. The van der Waals surface area contributed by atoms with E-state index in [0.29, 0.717) is 0 Å². The quantitative estimate of drug-likeness (QED) is 0.468. The molecule has 4 bridgehead atoms. The number of aryl methyl sites for hydroxylation is 4. The van der Waals surface area contributed by atoms with Gasteiger partial charge in [0.05, 0.1) is 0 Å². The Bertz CT molecular complexity index is 764. The van der Waals surface area contributed by atoms with Gasteiger partial charge in [0.15, 0.2) is 0 Å². The fourth-order valence-electron chi connectivity index (χ4n) is 3.73. The Kier molecular flexibility index (Phi) is 3.53. The lowest BCUT2D eigenvalue weighted by molar-refractivity contribution is 0.821. The highest BCUT2D eigenvalue weighted by Crippen LogP contribution is 2.37. The molecule has 23 heavy (non-hydrogen) atoms. The maximum Gasteiger partial charge on any atom is -0.00735 e. The minimum atomic E-state index is 1.15. The molecule has 3 aromatic carbocycles. The van der Waals surface area contributed by atoms with Crippen LogP contribution in [0.1, 0.15) is 28.7 Å². The van der Waals surface area contributed by atoms with Gasteiger partial charge in [-0.05, 0) is 77.6 Å². The first-order valence-electron chi connectivity index (χ1n) is 8.51. The minimum absolute atomic E-state index is 1.15. The summed E-state index contributed by atoms with van der Waals surface area (Å²) in [6, 6.07) is 22.9. The largest absolute Gasteiger partial charge is 0.0584 e. The van der Waals surface area contributed by atoms with Gasteiger partial charge in [-0.1, -0.05) is 60.7 Å². The predicted molar refractivity (Wildman–Crippen MR) is 98.8 cm³/mol. The molecule has 0 heteroatoms. The van der Waals surface area contributed by atoms with E-state index in [1.165, 1.54) is 50.9 Å². The van der Waals surface area contributed by atoms with Crippen LogP contribution >= 0.6 is 0 Å². The first-order chi connectivity index (χ1) is 11.2. The van der Waals surface area contributed by atoms with E-state index in [2.05, 4.69) is 74.5 Å². The van der Waals surface area contributed by atoms with Gasteiger partial charge in [0, 0.05) is 0 Å². The molecule has 0 amide bonds. The third-order valence-electron chi connectivity index (χ3n) is 5.04. The molecule has 0 unspecified atom stereocenters. The summed E-state index contributed by atoms with van der Waals surface area (Å²) >= 11 is 0. The molecule has 0 atom stereocenters. The van der Waals surface area contributed by atoms with E-state index in [-0.39, 0.29) is 0 Å². The number of rotatable bonds is 0. The standard InChI is InChI=1S/C23H22/c1-16-6-7-17(2)23-21-14-10-19(11-15-21)5-3-4-18-8-12-20(13-9-18)22(16)23/h6-15H,3-5H2,1-2H3. The van der Waals surface area contributed by atoms with Gasteiger partial charge in [0.2, 0.25) is 0 Å². The second-order valence-corrected chi connectivity index (χ2v) is 6.70. The van der Waals surface area contributed by atoms with Crippen LogP contribution in [-0.2, 0) is 12.8 Å². The predicted octanol–water partition coefficient (Wildman–Crippen LogP) is 6.13. The highest BCUT2D eigenvalue weighted by atomic mass is 14.2. The number of hydrogen-bond donors (Lipinski definition) is 0. The zero-order valence-electron chi connectivity index (χ0n) is 13.9. The lowest BCUT2D eigenvalue weighted by Crippen LogP contribution is -1.93. The van der Waals surface area contributed by atoms with Crippen LogP contribution in [0.4, 0.5) is 0 Å². The molecule has 0 heterocycles. The van der Waals surface area contributed by atoms with Gasteiger partial charge in [0.1, 0.15) is 0 Å². The van der Waals surface area contributed by atoms with Crippen molar-refractivity contribution < 1.29 is 0 Å². The van der Waals surface area contributed by atoms with Crippen LogP contribution in [0.3, 0.4) is 0 Å². The molecular weight excluding hydrogens is 276 g/mol. The molecule has 4 aliphatic rings. The van der Waals surface area contributed by atoms with E-state index in [1.54, 1.807) is 0 Å². The lowest BCUT2D eigenvalue weighted by Gasteiger charge is -2.17. The average molecular weight is 298 g/mol. The van der Waals surface area contributed by atoms with E-state index in [1.807, 2.05) is 0 Å². The van der Waals surface area contributed by atoms with Crippen LogP contribution in [-0.4, -0.2) is 0 Å². The van der Waals surface area contributed by atoms with Crippen molar-refractivity contribution >= 4 is 0 Å². The molecule has 3 aromatic rings. The Balaban J connectivity index is 2.04. The van der Waals surface area contributed by atoms with Gasteiger partial charge in [-0.2, -0.15) is 0 Å². The second kappa shape index (κ2) is 5.70. The van der Waals surface area contributed by atoms with Crippen molar-refractivity contribution in [1.29, 1.82) is 0 Å². The summed E-state index contributed by atoms with van der Waals surface area (Å²) in [5, 5.41) is 0. The van der Waals surface area contributed by atoms with Crippen LogP contribution in [0, 0.1) is 13.8 Å². The van der Waals surface area contributed by atoms with Crippen LogP contribution < -0.4 is 0 Å². The van der Waals surface area contributed by atoms with E-state index in [0.717, 1.165) is 12.8 Å². The van der Waals surface area contributed by atoms with Crippen LogP contribution in [0.5, 0.6) is 0 Å². The third-order valence-corrected chi connectivity index (χ3v) is 5.04. The van der Waals surface area contributed by atoms with Crippen molar-refractivity contribution in [3.8, 4) is 22.3 Å². The van der Waals surface area contributed by atoms with Crippen molar-refractivity contribution in [2.45, 2.75) is 33.1 Å². The molecule has 0 spiro atoms. The van der Waals surface area contributed by atoms with Crippen molar-refractivity contribution in [3.63, 3.8) is 0 Å². The average Bonchev–Trinajstić information content (AvgIpc) is 2.61. The van der Waals surface area contributed by atoms with Gasteiger partial charge in [-0.25, -0.2) is 0 Å². The van der Waals surface area contributed by atoms with Gasteiger partial charge in [-0.15, -0.1) is 0 Å². The Morgan fingerprint density at radius 2 is 0.913 bits per heavy atom. The lowest BCUT2D eigenvalue weighted by atomic mass is 9.87. The summed E-state index contributed by atoms with van der Waals surface area (Å²) in [7, 11) is 0. The van der Waals surface area contributed by atoms with Crippen molar-refractivity contribution in [3.05, 3.63) is 82.9 Å². The fraction of sp³-hybridized carbons (Fsp3) is 0.217. The van der Waals surface area contributed by atoms with Gasteiger partial charge in [0.25, 0.3) is 0 Å². The molecule has 0 fully saturated rings. The Morgan fingerprint density at radius 3 is 1.30 bits per heavy atom. The highest BCUT2D eigenvalue weighted by Gasteiger charge is 2.14. The molecule has 0 aliphatic heterocycles. The summed E-state index contributed by atoms with van der Waals surface area (Å²) in [4.78, 5) is 0. The summed E-state index contributed by atoms with van der Waals surface area (Å²) in [6.07, 6.45) is 3.52. The summed E-state index contributed by atoms with van der Waals surface area (Å²) in [6.45, 7) is 4.44. The molecular formula is C23H22. The molecule has 0 aromatic heterocycles. The van der Waals surface area contributed by atoms with Gasteiger partial charge in [-0.3, -0.25) is 0 Å². The molecule has 4 aliphatic carbocycles. The summed E-state index contributed by atoms with van der Waals surface area (Å²) in [5.41, 5.74) is 11.0. The van der Waals surface area contributed by atoms with E-state index in [9.17, 15) is 0 Å². The molecule has 0 saturated heterocycles. The summed E-state index contributed by atoms with van der Waals surface area (Å²) in [5.74, 6) is 0. The monoisotopic (exact) mass is 298 g/mol. The van der Waals surface area contributed by atoms with Crippen LogP contribution in [0.15, 0.2) is 60.7 Å². The minimum Gasteiger partial charge on any atom is -0.0584 e. The van der Waals surface area contributed by atoms with Gasteiger partial charge < -0.3 is 0 Å². The fourth-order valence-corrected chi connectivity index (χ4v) is 3.73. The van der Waals surface area contributed by atoms with Crippen LogP contribution in [0.2, 0.25) is 0 Å². The molecule has 0 N–H and O–H groups in total. The summed E-state index contributed by atoms with van der Waals surface area (Å²) < 4.78 is 0. The SMILES string of the molecule is Cc1ccc(C)c2c1-c1ccc(cc1)CCCc1ccc-2cc1. The van der Waals surface area contributed by atoms with Crippen molar-refractivity contribution in [1.82, 2.24) is 0 Å². The second-order valence-electron chi connectivity index (χ2n) is 6.70. The zero-order chi connectivity index (χ0) is 15.8.